The highest BCUT2D eigenvalue weighted by Crippen LogP contribution is 2.25. The zero-order valence-electron chi connectivity index (χ0n) is 13.3. The molecule has 0 amide bonds. The largest absolute Gasteiger partial charge is 0.464 e. The summed E-state index contributed by atoms with van der Waals surface area (Å²) in [7, 11) is -4.04. The lowest BCUT2D eigenvalue weighted by Crippen LogP contribution is -2.50. The molecule has 0 aliphatic heterocycles. The number of sulfone groups is 1. The molecule has 0 aromatic carbocycles. The van der Waals surface area contributed by atoms with Gasteiger partial charge in [0.1, 0.15) is 11.4 Å². The monoisotopic (exact) mass is 340 g/mol. The number of hydrogen-bond acceptors (Lipinski definition) is 8. The summed E-state index contributed by atoms with van der Waals surface area (Å²) in [6.07, 6.45) is -0.476. The number of aliphatic hydroxyl groups excluding tert-OH is 1. The molecule has 0 radical (unpaired) electrons. The summed E-state index contributed by atoms with van der Waals surface area (Å²) in [5.41, 5.74) is 0. The third-order valence-corrected chi connectivity index (χ3v) is 5.05. The Morgan fingerprint density at radius 2 is 1.64 bits per heavy atom. The number of rotatable bonds is 10. The average molecular weight is 340 g/mol. The molecule has 0 aliphatic rings. The van der Waals surface area contributed by atoms with Gasteiger partial charge in [-0.3, -0.25) is 9.59 Å². The average Bonchev–Trinajstić information content (AvgIpc) is 2.39. The SMILES string of the molecule is CC(=O)OCC(CCO)(COC(C)C)S(=O)(=O)COC(C)=O. The molecule has 0 saturated heterocycles. The van der Waals surface area contributed by atoms with Crippen LogP contribution in [-0.4, -0.2) is 62.1 Å². The van der Waals surface area contributed by atoms with Crippen molar-refractivity contribution in [3.05, 3.63) is 0 Å². The summed E-state index contributed by atoms with van der Waals surface area (Å²) >= 11 is 0. The number of ether oxygens (including phenoxy) is 3. The van der Waals surface area contributed by atoms with E-state index >= 15 is 0 Å². The molecule has 0 aromatic heterocycles. The van der Waals surface area contributed by atoms with Crippen molar-refractivity contribution < 1.29 is 37.3 Å². The normalized spacial score (nSPS) is 14.5. The van der Waals surface area contributed by atoms with Gasteiger partial charge in [-0.25, -0.2) is 8.42 Å². The molecule has 0 aromatic rings. The Hall–Kier alpha value is -1.19. The van der Waals surface area contributed by atoms with Gasteiger partial charge in [-0.1, -0.05) is 0 Å². The minimum atomic E-state index is -4.04. The lowest BCUT2D eigenvalue weighted by atomic mass is 10.1. The van der Waals surface area contributed by atoms with Crippen molar-refractivity contribution in [3.8, 4) is 0 Å². The first-order valence-corrected chi connectivity index (χ1v) is 8.43. The molecular weight excluding hydrogens is 316 g/mol. The number of carbonyl (C=O) groups is 2. The fourth-order valence-corrected chi connectivity index (χ4v) is 3.02. The molecule has 0 saturated carbocycles. The van der Waals surface area contributed by atoms with Crippen LogP contribution in [0.1, 0.15) is 34.1 Å². The van der Waals surface area contributed by atoms with Crippen LogP contribution in [0.4, 0.5) is 0 Å². The summed E-state index contributed by atoms with van der Waals surface area (Å²) in [6, 6.07) is 0. The first kappa shape index (κ1) is 20.8. The van der Waals surface area contributed by atoms with E-state index < -0.39 is 45.7 Å². The van der Waals surface area contributed by atoms with Crippen molar-refractivity contribution in [3.63, 3.8) is 0 Å². The lowest BCUT2D eigenvalue weighted by molar-refractivity contribution is -0.143. The van der Waals surface area contributed by atoms with Crippen LogP contribution in [0, 0.1) is 0 Å². The highest BCUT2D eigenvalue weighted by atomic mass is 32.2. The molecule has 0 fully saturated rings. The second kappa shape index (κ2) is 9.06. The lowest BCUT2D eigenvalue weighted by Gasteiger charge is -2.32. The van der Waals surface area contributed by atoms with E-state index in [4.69, 9.17) is 9.47 Å². The van der Waals surface area contributed by atoms with Gasteiger partial charge in [0.15, 0.2) is 15.8 Å². The maximum atomic E-state index is 12.5. The minimum Gasteiger partial charge on any atom is -0.464 e. The summed E-state index contributed by atoms with van der Waals surface area (Å²) < 4.78 is 38.1. The van der Waals surface area contributed by atoms with Gasteiger partial charge >= 0.3 is 11.9 Å². The van der Waals surface area contributed by atoms with Gasteiger partial charge in [-0.05, 0) is 20.3 Å². The predicted octanol–water partition coefficient (Wildman–Crippen LogP) is 0.0311. The van der Waals surface area contributed by atoms with Gasteiger partial charge in [-0.2, -0.15) is 0 Å². The quantitative estimate of drug-likeness (QED) is 0.554. The third-order valence-electron chi connectivity index (χ3n) is 2.86. The smallest absolute Gasteiger partial charge is 0.303 e. The number of aliphatic hydroxyl groups is 1. The first-order chi connectivity index (χ1) is 10.1. The summed E-state index contributed by atoms with van der Waals surface area (Å²) in [4.78, 5) is 21.9. The van der Waals surface area contributed by atoms with Crippen LogP contribution in [-0.2, 0) is 33.6 Å². The van der Waals surface area contributed by atoms with Crippen LogP contribution in [0.3, 0.4) is 0 Å². The van der Waals surface area contributed by atoms with Crippen molar-refractivity contribution >= 4 is 21.8 Å². The molecule has 1 unspecified atom stereocenters. The Balaban J connectivity index is 5.46. The highest BCUT2D eigenvalue weighted by Gasteiger charge is 2.46. The third kappa shape index (κ3) is 6.71. The van der Waals surface area contributed by atoms with Crippen molar-refractivity contribution in [1.82, 2.24) is 0 Å². The van der Waals surface area contributed by atoms with Crippen LogP contribution in [0.15, 0.2) is 0 Å². The van der Waals surface area contributed by atoms with E-state index in [9.17, 15) is 23.1 Å². The van der Waals surface area contributed by atoms with Crippen LogP contribution < -0.4 is 0 Å². The molecule has 1 atom stereocenters. The van der Waals surface area contributed by atoms with E-state index in [1.807, 2.05) is 0 Å². The maximum absolute atomic E-state index is 12.5. The molecule has 0 rings (SSSR count). The molecular formula is C13H24O8S. The topological polar surface area (TPSA) is 116 Å². The minimum absolute atomic E-state index is 0.212. The second-order valence-corrected chi connectivity index (χ2v) is 7.50. The Kier molecular flexibility index (Phi) is 8.57. The summed E-state index contributed by atoms with van der Waals surface area (Å²) in [5.74, 6) is -2.28. The van der Waals surface area contributed by atoms with E-state index in [0.717, 1.165) is 13.8 Å². The summed E-state index contributed by atoms with van der Waals surface area (Å²) in [5, 5.41) is 9.20. The molecule has 22 heavy (non-hydrogen) atoms. The number of hydrogen-bond donors (Lipinski definition) is 1. The van der Waals surface area contributed by atoms with E-state index in [0.29, 0.717) is 0 Å². The molecule has 0 spiro atoms. The van der Waals surface area contributed by atoms with Crippen molar-refractivity contribution in [1.29, 1.82) is 0 Å². The highest BCUT2D eigenvalue weighted by molar-refractivity contribution is 7.92. The van der Waals surface area contributed by atoms with E-state index in [-0.39, 0.29) is 19.1 Å². The number of carbonyl (C=O) groups excluding carboxylic acids is 2. The van der Waals surface area contributed by atoms with Crippen LogP contribution >= 0.6 is 0 Å². The molecule has 9 heteroatoms. The van der Waals surface area contributed by atoms with E-state index in [1.54, 1.807) is 13.8 Å². The molecule has 0 aliphatic carbocycles. The van der Waals surface area contributed by atoms with Gasteiger partial charge in [-0.15, -0.1) is 0 Å². The zero-order chi connectivity index (χ0) is 17.4. The van der Waals surface area contributed by atoms with Gasteiger partial charge in [0.2, 0.25) is 0 Å². The second-order valence-electron chi connectivity index (χ2n) is 5.17. The summed E-state index contributed by atoms with van der Waals surface area (Å²) in [6.45, 7) is 4.43. The Labute approximate surface area is 130 Å². The van der Waals surface area contributed by atoms with Gasteiger partial charge in [0, 0.05) is 20.5 Å². The standard InChI is InChI=1S/C13H24O8S/c1-10(2)19-7-13(5-6-14,8-20-11(3)15)22(17,18)9-21-12(4)16/h10,14H,5-9H2,1-4H3. The zero-order valence-corrected chi connectivity index (χ0v) is 14.1. The van der Waals surface area contributed by atoms with Gasteiger partial charge in [0.05, 0.1) is 12.7 Å². The predicted molar refractivity (Wildman–Crippen MR) is 77.7 cm³/mol. The van der Waals surface area contributed by atoms with Crippen molar-refractivity contribution in [2.24, 2.45) is 0 Å². The Bertz CT molecular complexity index is 470. The van der Waals surface area contributed by atoms with E-state index in [1.165, 1.54) is 0 Å². The molecule has 1 N–H and O–H groups in total. The molecule has 8 nitrogen and oxygen atoms in total. The van der Waals surface area contributed by atoms with Crippen LogP contribution in [0.25, 0.3) is 0 Å². The van der Waals surface area contributed by atoms with E-state index in [2.05, 4.69) is 4.74 Å². The maximum Gasteiger partial charge on any atom is 0.303 e. The molecule has 130 valence electrons. The number of esters is 2. The van der Waals surface area contributed by atoms with Crippen molar-refractivity contribution in [2.45, 2.75) is 45.0 Å². The van der Waals surface area contributed by atoms with Gasteiger partial charge in [0.25, 0.3) is 0 Å². The Morgan fingerprint density at radius 3 is 2.05 bits per heavy atom. The first-order valence-electron chi connectivity index (χ1n) is 6.78. The fraction of sp³-hybridized carbons (Fsp3) is 0.846. The Morgan fingerprint density at radius 1 is 1.09 bits per heavy atom. The van der Waals surface area contributed by atoms with Crippen molar-refractivity contribution in [2.75, 3.05) is 25.8 Å². The fourth-order valence-electron chi connectivity index (χ4n) is 1.56. The van der Waals surface area contributed by atoms with Crippen LogP contribution in [0.2, 0.25) is 0 Å². The molecule has 0 heterocycles. The van der Waals surface area contributed by atoms with Gasteiger partial charge < -0.3 is 19.3 Å². The van der Waals surface area contributed by atoms with Crippen LogP contribution in [0.5, 0.6) is 0 Å². The molecule has 0 bridgehead atoms.